The average Bonchev–Trinajstić information content (AvgIpc) is 3.45. The summed E-state index contributed by atoms with van der Waals surface area (Å²) in [5.74, 6) is 0. The first-order chi connectivity index (χ1) is 19.3. The fourth-order valence-electron chi connectivity index (χ4n) is 5.93. The van der Waals surface area contributed by atoms with Crippen LogP contribution in [0, 0.1) is 0 Å². The van der Waals surface area contributed by atoms with Gasteiger partial charge in [0.2, 0.25) is 0 Å². The summed E-state index contributed by atoms with van der Waals surface area (Å²) in [6, 6.07) is 48.1. The molecule has 0 N–H and O–H groups in total. The predicted octanol–water partition coefficient (Wildman–Crippen LogP) is 9.82. The van der Waals surface area contributed by atoms with E-state index in [1.165, 1.54) is 54.6 Å². The van der Waals surface area contributed by atoms with Crippen LogP contribution in [0.25, 0.3) is 71.3 Å². The Labute approximate surface area is 226 Å². The second kappa shape index (κ2) is 8.68. The fourth-order valence-corrected chi connectivity index (χ4v) is 5.93. The Bertz CT molecular complexity index is 2110. The third-order valence-electron chi connectivity index (χ3n) is 7.89. The first-order valence-corrected chi connectivity index (χ1v) is 13.3. The molecule has 2 nitrogen and oxygen atoms in total. The van der Waals surface area contributed by atoms with Gasteiger partial charge in [0, 0.05) is 23.5 Å². The largest absolute Gasteiger partial charge is 0.301 e. The van der Waals surface area contributed by atoms with E-state index in [0.717, 1.165) is 16.7 Å². The molecular formula is C37H24N2. The number of hydrogen-bond acceptors (Lipinski definition) is 1. The maximum Gasteiger partial charge on any atom is 0.144 e. The highest BCUT2D eigenvalue weighted by Gasteiger charge is 2.10. The Morgan fingerprint density at radius 3 is 1.56 bits per heavy atom. The molecule has 0 spiro atoms. The minimum atomic E-state index is 0.978. The van der Waals surface area contributed by atoms with Gasteiger partial charge in [0.05, 0.1) is 0 Å². The molecule has 0 aliphatic carbocycles. The average molecular weight is 497 g/mol. The standard InChI is InChI=1S/C37H24N2/c1-2-9-33-31(7-1)32-8-3-4-10-34(32)36-24-29(17-20-35(33)36)27-13-11-25(12-14-27)26-15-18-30(19-16-26)39-23-21-28-6-5-22-38-37(28)39/h1-24H. The van der Waals surface area contributed by atoms with Gasteiger partial charge in [-0.1, -0.05) is 97.1 Å². The van der Waals surface area contributed by atoms with Crippen molar-refractivity contribution in [3.63, 3.8) is 0 Å². The molecule has 0 saturated heterocycles. The van der Waals surface area contributed by atoms with Gasteiger partial charge in [-0.05, 0) is 91.0 Å². The highest BCUT2D eigenvalue weighted by Crippen LogP contribution is 2.37. The van der Waals surface area contributed by atoms with E-state index in [2.05, 4.69) is 143 Å². The molecule has 8 aromatic rings. The van der Waals surface area contributed by atoms with Crippen molar-refractivity contribution in [2.24, 2.45) is 0 Å². The summed E-state index contributed by atoms with van der Waals surface area (Å²) in [4.78, 5) is 4.55. The highest BCUT2D eigenvalue weighted by atomic mass is 15.0. The Morgan fingerprint density at radius 1 is 0.410 bits per heavy atom. The zero-order chi connectivity index (χ0) is 25.8. The Morgan fingerprint density at radius 2 is 0.923 bits per heavy atom. The van der Waals surface area contributed by atoms with Crippen molar-refractivity contribution < 1.29 is 0 Å². The molecule has 0 amide bonds. The van der Waals surface area contributed by atoms with Gasteiger partial charge in [0.15, 0.2) is 0 Å². The molecule has 182 valence electrons. The van der Waals surface area contributed by atoms with Crippen molar-refractivity contribution in [2.75, 3.05) is 0 Å². The predicted molar refractivity (Wildman–Crippen MR) is 164 cm³/mol. The number of aromatic nitrogens is 2. The number of rotatable bonds is 3. The molecule has 6 aromatic carbocycles. The maximum absolute atomic E-state index is 4.55. The lowest BCUT2D eigenvalue weighted by Crippen LogP contribution is -1.93. The SMILES string of the molecule is c1cnc2c(c1)ccn2-c1ccc(-c2ccc(-c3ccc4c5ccccc5c5ccccc5c4c3)cc2)cc1. The van der Waals surface area contributed by atoms with Crippen molar-refractivity contribution >= 4 is 43.4 Å². The van der Waals surface area contributed by atoms with Crippen LogP contribution in [-0.2, 0) is 0 Å². The summed E-state index contributed by atoms with van der Waals surface area (Å²) in [6.45, 7) is 0. The molecule has 39 heavy (non-hydrogen) atoms. The molecule has 0 atom stereocenters. The summed E-state index contributed by atoms with van der Waals surface area (Å²) in [5.41, 5.74) is 6.95. The third kappa shape index (κ3) is 3.53. The van der Waals surface area contributed by atoms with Crippen LogP contribution >= 0.6 is 0 Å². The lowest BCUT2D eigenvalue weighted by atomic mass is 9.92. The van der Waals surface area contributed by atoms with E-state index in [-0.39, 0.29) is 0 Å². The molecule has 2 aromatic heterocycles. The summed E-state index contributed by atoms with van der Waals surface area (Å²) < 4.78 is 2.13. The molecule has 0 aliphatic heterocycles. The second-order valence-corrected chi connectivity index (χ2v) is 10.1. The lowest BCUT2D eigenvalue weighted by Gasteiger charge is -2.12. The molecular weight excluding hydrogens is 472 g/mol. The zero-order valence-electron chi connectivity index (χ0n) is 21.3. The molecule has 0 unspecified atom stereocenters. The molecule has 0 saturated carbocycles. The fraction of sp³-hybridized carbons (Fsp3) is 0. The van der Waals surface area contributed by atoms with Crippen molar-refractivity contribution in [3.05, 3.63) is 146 Å². The van der Waals surface area contributed by atoms with Gasteiger partial charge in [-0.2, -0.15) is 0 Å². The Balaban J connectivity index is 1.16. The number of hydrogen-bond donors (Lipinski definition) is 0. The molecule has 0 bridgehead atoms. The number of nitrogens with zero attached hydrogens (tertiary/aromatic N) is 2. The second-order valence-electron chi connectivity index (χ2n) is 10.1. The smallest absolute Gasteiger partial charge is 0.144 e. The van der Waals surface area contributed by atoms with E-state index in [4.69, 9.17) is 0 Å². The van der Waals surface area contributed by atoms with Crippen molar-refractivity contribution in [2.45, 2.75) is 0 Å². The molecule has 2 heteroatoms. The molecule has 0 radical (unpaired) electrons. The van der Waals surface area contributed by atoms with E-state index >= 15 is 0 Å². The first-order valence-electron chi connectivity index (χ1n) is 13.3. The van der Waals surface area contributed by atoms with Crippen molar-refractivity contribution in [1.29, 1.82) is 0 Å². The number of benzene rings is 6. The molecule has 0 aliphatic rings. The van der Waals surface area contributed by atoms with Gasteiger partial charge in [-0.15, -0.1) is 0 Å². The molecule has 2 heterocycles. The molecule has 8 rings (SSSR count). The van der Waals surface area contributed by atoms with E-state index in [9.17, 15) is 0 Å². The summed E-state index contributed by atoms with van der Waals surface area (Å²) in [5, 5.41) is 8.97. The van der Waals surface area contributed by atoms with Crippen molar-refractivity contribution in [3.8, 4) is 27.9 Å². The summed E-state index contributed by atoms with van der Waals surface area (Å²) in [7, 11) is 0. The minimum Gasteiger partial charge on any atom is -0.301 e. The summed E-state index contributed by atoms with van der Waals surface area (Å²) >= 11 is 0. The topological polar surface area (TPSA) is 17.8 Å². The van der Waals surface area contributed by atoms with E-state index in [0.29, 0.717) is 0 Å². The quantitative estimate of drug-likeness (QED) is 0.223. The van der Waals surface area contributed by atoms with Gasteiger partial charge in [-0.3, -0.25) is 0 Å². The normalized spacial score (nSPS) is 11.6. The lowest BCUT2D eigenvalue weighted by molar-refractivity contribution is 1.09. The van der Waals surface area contributed by atoms with Crippen molar-refractivity contribution in [1.82, 2.24) is 9.55 Å². The van der Waals surface area contributed by atoms with Crippen LogP contribution in [0.3, 0.4) is 0 Å². The van der Waals surface area contributed by atoms with Crippen LogP contribution in [-0.4, -0.2) is 9.55 Å². The van der Waals surface area contributed by atoms with E-state index in [1.807, 2.05) is 12.3 Å². The van der Waals surface area contributed by atoms with Gasteiger partial charge in [-0.25, -0.2) is 4.98 Å². The first kappa shape index (κ1) is 21.8. The van der Waals surface area contributed by atoms with Gasteiger partial charge < -0.3 is 4.57 Å². The monoisotopic (exact) mass is 496 g/mol. The van der Waals surface area contributed by atoms with E-state index < -0.39 is 0 Å². The van der Waals surface area contributed by atoms with Crippen LogP contribution in [0.5, 0.6) is 0 Å². The third-order valence-corrected chi connectivity index (χ3v) is 7.89. The van der Waals surface area contributed by atoms with Gasteiger partial charge in [0.1, 0.15) is 5.65 Å². The number of fused-ring (bicyclic) bond motifs is 7. The zero-order valence-corrected chi connectivity index (χ0v) is 21.3. The Kier molecular flexibility index (Phi) is 4.86. The van der Waals surface area contributed by atoms with Crippen LogP contribution in [0.2, 0.25) is 0 Å². The molecule has 0 fully saturated rings. The maximum atomic E-state index is 4.55. The van der Waals surface area contributed by atoms with Gasteiger partial charge in [0.25, 0.3) is 0 Å². The van der Waals surface area contributed by atoms with Crippen LogP contribution in [0.4, 0.5) is 0 Å². The minimum absolute atomic E-state index is 0.978. The summed E-state index contributed by atoms with van der Waals surface area (Å²) in [6.07, 6.45) is 3.92. The highest BCUT2D eigenvalue weighted by molar-refractivity contribution is 6.25. The van der Waals surface area contributed by atoms with Gasteiger partial charge >= 0.3 is 0 Å². The van der Waals surface area contributed by atoms with Crippen LogP contribution < -0.4 is 0 Å². The van der Waals surface area contributed by atoms with Crippen LogP contribution in [0.1, 0.15) is 0 Å². The number of pyridine rings is 1. The van der Waals surface area contributed by atoms with E-state index in [1.54, 1.807) is 0 Å². The van der Waals surface area contributed by atoms with Crippen LogP contribution in [0.15, 0.2) is 146 Å². The Hall–Kier alpha value is -5.21.